The molecule has 41 heavy (non-hydrogen) atoms. The molecule has 7 nitrogen and oxygen atoms in total. The molecule has 1 saturated carbocycles. The number of nitrogens with one attached hydrogen (secondary N) is 1. The van der Waals surface area contributed by atoms with Gasteiger partial charge in [0.25, 0.3) is 5.91 Å². The molecule has 0 spiro atoms. The number of benzene rings is 1. The van der Waals surface area contributed by atoms with E-state index in [1.807, 2.05) is 38.2 Å². The molecular weight excluding hydrogens is 560 g/mol. The molecule has 2 bridgehead atoms. The van der Waals surface area contributed by atoms with E-state index in [2.05, 4.69) is 16.2 Å². The monoisotopic (exact) mass is 602 g/mol. The predicted octanol–water partition coefficient (Wildman–Crippen LogP) is 6.26. The summed E-state index contributed by atoms with van der Waals surface area (Å²) in [5.74, 6) is 0.285. The predicted molar refractivity (Wildman–Crippen MR) is 166 cm³/mol. The van der Waals surface area contributed by atoms with Crippen LogP contribution < -0.4 is 14.4 Å². The summed E-state index contributed by atoms with van der Waals surface area (Å²) in [7, 11) is -3.89. The van der Waals surface area contributed by atoms with Gasteiger partial charge in [0.05, 0.1) is 16.5 Å². The molecule has 1 aromatic rings. The Balaban J connectivity index is 1.75. The second-order valence-electron chi connectivity index (χ2n) is 11.8. The third kappa shape index (κ3) is 7.65. The van der Waals surface area contributed by atoms with Crippen molar-refractivity contribution < 1.29 is 23.1 Å². The van der Waals surface area contributed by atoms with Gasteiger partial charge in [-0.15, -0.1) is 0 Å². The van der Waals surface area contributed by atoms with Gasteiger partial charge in [-0.2, -0.15) is 0 Å². The third-order valence-corrected chi connectivity index (χ3v) is 10.8. The molecule has 9 heteroatoms. The number of allylic oxidation sites excluding steroid dienone is 4. The van der Waals surface area contributed by atoms with Gasteiger partial charge in [-0.3, -0.25) is 4.79 Å². The van der Waals surface area contributed by atoms with Crippen molar-refractivity contribution in [3.63, 3.8) is 0 Å². The van der Waals surface area contributed by atoms with E-state index in [1.165, 1.54) is 0 Å². The van der Waals surface area contributed by atoms with Crippen molar-refractivity contribution >= 4 is 33.2 Å². The molecular formula is C32H43ClN2O5S. The fourth-order valence-electron chi connectivity index (χ4n) is 5.87. The van der Waals surface area contributed by atoms with E-state index in [-0.39, 0.29) is 24.0 Å². The number of carbonyl (C=O) groups is 1. The van der Waals surface area contributed by atoms with Crippen LogP contribution in [0.5, 0.6) is 5.75 Å². The number of sulfonamides is 1. The summed E-state index contributed by atoms with van der Waals surface area (Å²) in [6.07, 6.45) is 12.9. The molecule has 2 N–H and O–H groups in total. The van der Waals surface area contributed by atoms with E-state index < -0.39 is 26.8 Å². The average Bonchev–Trinajstić information content (AvgIpc) is 2.93. The molecule has 1 fully saturated rings. The summed E-state index contributed by atoms with van der Waals surface area (Å²) >= 11 is 6.32. The highest BCUT2D eigenvalue weighted by Crippen LogP contribution is 2.44. The van der Waals surface area contributed by atoms with Crippen molar-refractivity contribution in [2.75, 3.05) is 24.6 Å². The van der Waals surface area contributed by atoms with E-state index in [0.717, 1.165) is 55.5 Å². The van der Waals surface area contributed by atoms with Gasteiger partial charge in [0, 0.05) is 23.7 Å². The van der Waals surface area contributed by atoms with Crippen molar-refractivity contribution in [3.05, 3.63) is 70.8 Å². The minimum Gasteiger partial charge on any atom is -0.487 e. The number of aliphatic hydroxyl groups is 1. The van der Waals surface area contributed by atoms with Crippen LogP contribution >= 0.6 is 11.6 Å². The summed E-state index contributed by atoms with van der Waals surface area (Å²) in [5, 5.41) is 11.3. The van der Waals surface area contributed by atoms with Gasteiger partial charge in [-0.25, -0.2) is 13.1 Å². The van der Waals surface area contributed by atoms with Gasteiger partial charge in [-0.1, -0.05) is 36.4 Å². The van der Waals surface area contributed by atoms with Gasteiger partial charge >= 0.3 is 0 Å². The number of nitrogens with zero attached hydrogens (tertiary/aromatic N) is 1. The zero-order valence-electron chi connectivity index (χ0n) is 24.4. The number of anilines is 1. The first-order chi connectivity index (χ1) is 19.4. The first kappa shape index (κ1) is 31.4. The molecule has 2 heterocycles. The third-order valence-electron chi connectivity index (χ3n) is 8.71. The second-order valence-corrected chi connectivity index (χ2v) is 14.3. The van der Waals surface area contributed by atoms with Crippen LogP contribution in [0, 0.1) is 11.8 Å². The van der Waals surface area contributed by atoms with Crippen LogP contribution in [0.3, 0.4) is 0 Å². The number of hydrogen-bond acceptors (Lipinski definition) is 6. The number of halogens is 1. The fourth-order valence-corrected chi connectivity index (χ4v) is 7.03. The molecule has 3 aliphatic rings. The van der Waals surface area contributed by atoms with Crippen LogP contribution in [0.1, 0.15) is 76.1 Å². The number of rotatable bonds is 1. The minimum atomic E-state index is -3.89. The van der Waals surface area contributed by atoms with Gasteiger partial charge < -0.3 is 14.7 Å². The number of carbonyl (C=O) groups excluding carboxylic acids is 1. The minimum absolute atomic E-state index is 0.0825. The average molecular weight is 603 g/mol. The maximum atomic E-state index is 13.2. The number of fused-ring (bicyclic) bond motifs is 2. The lowest BCUT2D eigenvalue weighted by atomic mass is 9.65. The van der Waals surface area contributed by atoms with Crippen LogP contribution in [-0.2, 0) is 10.0 Å². The maximum absolute atomic E-state index is 13.2. The molecule has 0 aromatic heterocycles. The van der Waals surface area contributed by atoms with Crippen molar-refractivity contribution in [2.45, 2.75) is 76.6 Å². The molecule has 0 radical (unpaired) electrons. The molecule has 4 atom stereocenters. The van der Waals surface area contributed by atoms with Crippen LogP contribution in [0.4, 0.5) is 5.69 Å². The highest BCUT2D eigenvalue weighted by molar-refractivity contribution is 7.90. The lowest BCUT2D eigenvalue weighted by molar-refractivity contribution is -0.0312. The molecule has 224 valence electrons. The van der Waals surface area contributed by atoms with Gasteiger partial charge in [0.1, 0.15) is 12.4 Å². The van der Waals surface area contributed by atoms with E-state index in [9.17, 15) is 18.3 Å². The normalized spacial score (nSPS) is 31.6. The molecule has 1 amide bonds. The molecule has 0 unspecified atom stereocenters. The first-order valence-electron chi connectivity index (χ1n) is 14.6. The SMILES string of the molecule is C=C1COc2ccc3cc2N(CCCC/C1=C/C(Cl)=C\C)C[C@@H]1CC[C@H]1[C@@](C)(O)/C=C/CC[C@H](C)S(=O)(=O)NC3=O. The lowest BCUT2D eigenvalue weighted by Crippen LogP contribution is -2.48. The summed E-state index contributed by atoms with van der Waals surface area (Å²) in [4.78, 5) is 15.4. The Bertz CT molecular complexity index is 1350. The van der Waals surface area contributed by atoms with E-state index in [4.69, 9.17) is 16.3 Å². The summed E-state index contributed by atoms with van der Waals surface area (Å²) in [6, 6.07) is 5.07. The van der Waals surface area contributed by atoms with Gasteiger partial charge in [0.15, 0.2) is 0 Å². The Morgan fingerprint density at radius 2 is 2.05 bits per heavy atom. The largest absolute Gasteiger partial charge is 0.487 e. The molecule has 1 aliphatic carbocycles. The van der Waals surface area contributed by atoms with Gasteiger partial charge in [-0.05, 0) is 113 Å². The van der Waals surface area contributed by atoms with E-state index in [0.29, 0.717) is 30.2 Å². The van der Waals surface area contributed by atoms with Crippen molar-refractivity contribution in [1.82, 2.24) is 4.72 Å². The quantitative estimate of drug-likeness (QED) is 0.369. The summed E-state index contributed by atoms with van der Waals surface area (Å²) < 4.78 is 34.5. The Kier molecular flexibility index (Phi) is 10.1. The number of amides is 1. The topological polar surface area (TPSA) is 95.9 Å². The number of ether oxygens (including phenoxy) is 1. The fraction of sp³-hybridized carbons (Fsp3) is 0.531. The van der Waals surface area contributed by atoms with Crippen molar-refractivity contribution in [2.24, 2.45) is 11.8 Å². The van der Waals surface area contributed by atoms with E-state index >= 15 is 0 Å². The van der Waals surface area contributed by atoms with Crippen molar-refractivity contribution in [3.8, 4) is 5.75 Å². The summed E-state index contributed by atoms with van der Waals surface area (Å²) in [6.45, 7) is 11.3. The smallest absolute Gasteiger partial charge is 0.264 e. The van der Waals surface area contributed by atoms with Gasteiger partial charge in [0.2, 0.25) is 10.0 Å². The zero-order chi connectivity index (χ0) is 29.8. The van der Waals surface area contributed by atoms with E-state index in [1.54, 1.807) is 25.1 Å². The Labute approximate surface area is 250 Å². The molecule has 1 aromatic carbocycles. The zero-order valence-corrected chi connectivity index (χ0v) is 25.9. The summed E-state index contributed by atoms with van der Waals surface area (Å²) in [5.41, 5.74) is 1.89. The first-order valence-corrected chi connectivity index (χ1v) is 16.5. The standard InChI is InChI=1S/C32H43ClN2O5S/c1-5-27(33)18-24-11-7-9-17-35-20-26-12-14-28(26)32(4,37)16-8-6-10-23(3)41(38,39)34-31(36)25-13-15-30(29(35)19-25)40-21-22(24)2/h5,8,13,15-16,18-19,23,26,28,37H,2,6-7,9-12,14,17,20-21H2,1,3-4H3,(H,34,36)/b16-8+,24-18-,27-5+/t23-,26-,28+,32-/m0/s1. The molecule has 2 aliphatic heterocycles. The van der Waals surface area contributed by atoms with Crippen LogP contribution in [0.15, 0.2) is 65.3 Å². The number of hydrogen-bond donors (Lipinski definition) is 2. The Morgan fingerprint density at radius 1 is 1.27 bits per heavy atom. The molecule has 0 saturated heterocycles. The van der Waals surface area contributed by atoms with Crippen LogP contribution in [-0.4, -0.2) is 50.0 Å². The highest BCUT2D eigenvalue weighted by Gasteiger charge is 2.43. The Hall–Kier alpha value is -2.55. The maximum Gasteiger partial charge on any atom is 0.264 e. The van der Waals surface area contributed by atoms with Crippen molar-refractivity contribution in [1.29, 1.82) is 0 Å². The van der Waals surface area contributed by atoms with Crippen LogP contribution in [0.2, 0.25) is 0 Å². The Morgan fingerprint density at radius 3 is 2.76 bits per heavy atom. The highest BCUT2D eigenvalue weighted by atomic mass is 35.5. The molecule has 4 rings (SSSR count). The van der Waals surface area contributed by atoms with Crippen LogP contribution in [0.25, 0.3) is 0 Å². The lowest BCUT2D eigenvalue weighted by Gasteiger charge is -2.47. The second kappa shape index (κ2) is 13.2.